The molecule has 2 aliphatic rings. The molecule has 13 nitrogen and oxygen atoms in total. The van der Waals surface area contributed by atoms with Crippen molar-refractivity contribution in [3.8, 4) is 0 Å². The molecule has 0 spiro atoms. The van der Waals surface area contributed by atoms with Gasteiger partial charge in [0.25, 0.3) is 5.69 Å². The number of piperidine rings is 2. The van der Waals surface area contributed by atoms with Gasteiger partial charge < -0.3 is 14.7 Å². The van der Waals surface area contributed by atoms with Gasteiger partial charge in [-0.1, -0.05) is 18.2 Å². The van der Waals surface area contributed by atoms with Gasteiger partial charge in [0, 0.05) is 75.7 Å². The molecule has 47 heavy (non-hydrogen) atoms. The third-order valence-corrected chi connectivity index (χ3v) is 11.0. The van der Waals surface area contributed by atoms with Crippen molar-refractivity contribution >= 4 is 45.1 Å². The number of nitro benzene ring substituents is 1. The summed E-state index contributed by atoms with van der Waals surface area (Å²) >= 11 is 0. The number of sulfonamides is 1. The number of nitro groups is 1. The highest BCUT2D eigenvalue weighted by Gasteiger charge is 2.36. The number of carbonyl (C=O) groups is 2. The van der Waals surface area contributed by atoms with E-state index in [9.17, 15) is 28.1 Å². The predicted molar refractivity (Wildman–Crippen MR) is 183 cm³/mol. The Morgan fingerprint density at radius 3 is 2.15 bits per heavy atom. The van der Waals surface area contributed by atoms with Gasteiger partial charge in [0.05, 0.1) is 28.7 Å². The Balaban J connectivity index is 1.58. The van der Waals surface area contributed by atoms with E-state index in [2.05, 4.69) is 15.4 Å². The van der Waals surface area contributed by atoms with Crippen molar-refractivity contribution in [1.82, 2.24) is 14.1 Å². The average molecular weight is 670 g/mol. The van der Waals surface area contributed by atoms with Crippen molar-refractivity contribution in [2.24, 2.45) is 16.9 Å². The SMILES string of the molecule is CCN(CC)C(=O)C1CCCN(c2ccccc2C=NNc2ccc([N+](=O)[O-])cc2S(=O)(=O)N2CCCC(C(=O)N(CC)CC)C2)C1. The van der Waals surface area contributed by atoms with Gasteiger partial charge in [-0.25, -0.2) is 8.42 Å². The number of hydrazone groups is 1. The van der Waals surface area contributed by atoms with E-state index < -0.39 is 20.9 Å². The molecule has 2 amide bonds. The van der Waals surface area contributed by atoms with Gasteiger partial charge in [0.1, 0.15) is 4.90 Å². The summed E-state index contributed by atoms with van der Waals surface area (Å²) < 4.78 is 29.2. The lowest BCUT2D eigenvalue weighted by Gasteiger charge is -2.36. The van der Waals surface area contributed by atoms with Crippen molar-refractivity contribution in [3.63, 3.8) is 0 Å². The molecule has 2 fully saturated rings. The zero-order valence-electron chi connectivity index (χ0n) is 27.8. The lowest BCUT2D eigenvalue weighted by atomic mass is 9.95. The van der Waals surface area contributed by atoms with E-state index in [-0.39, 0.29) is 47.1 Å². The minimum Gasteiger partial charge on any atom is -0.370 e. The Hall–Kier alpha value is -4.04. The molecule has 0 aliphatic carbocycles. The Kier molecular flexibility index (Phi) is 12.3. The summed E-state index contributed by atoms with van der Waals surface area (Å²) in [5, 5.41) is 16.0. The Labute approximate surface area is 277 Å². The Bertz CT molecular complexity index is 1560. The van der Waals surface area contributed by atoms with E-state index in [0.29, 0.717) is 45.6 Å². The van der Waals surface area contributed by atoms with Gasteiger partial charge in [-0.05, 0) is 65.5 Å². The van der Waals surface area contributed by atoms with E-state index in [1.165, 1.54) is 16.4 Å². The molecule has 2 unspecified atom stereocenters. The molecule has 2 atom stereocenters. The van der Waals surface area contributed by atoms with Crippen LogP contribution in [0.15, 0.2) is 52.5 Å². The van der Waals surface area contributed by atoms with Crippen LogP contribution in [0.5, 0.6) is 0 Å². The molecule has 0 saturated carbocycles. The monoisotopic (exact) mass is 669 g/mol. The van der Waals surface area contributed by atoms with Gasteiger partial charge >= 0.3 is 0 Å². The lowest BCUT2D eigenvalue weighted by Crippen LogP contribution is -2.46. The smallest absolute Gasteiger partial charge is 0.270 e. The van der Waals surface area contributed by atoms with Crippen LogP contribution in [-0.4, -0.2) is 97.8 Å². The fourth-order valence-electron chi connectivity index (χ4n) is 6.47. The van der Waals surface area contributed by atoms with Crippen LogP contribution in [0, 0.1) is 22.0 Å². The van der Waals surface area contributed by atoms with Crippen molar-refractivity contribution in [2.75, 3.05) is 62.7 Å². The summed E-state index contributed by atoms with van der Waals surface area (Å²) in [7, 11) is -4.22. The molecule has 0 aromatic heterocycles. The van der Waals surface area contributed by atoms with Crippen molar-refractivity contribution in [2.45, 2.75) is 58.3 Å². The molecule has 1 N–H and O–H groups in total. The van der Waals surface area contributed by atoms with Gasteiger partial charge in [-0.3, -0.25) is 25.1 Å². The van der Waals surface area contributed by atoms with Crippen LogP contribution in [0.1, 0.15) is 58.9 Å². The summed E-state index contributed by atoms with van der Waals surface area (Å²) in [5.41, 5.74) is 4.22. The number of hydrogen-bond donors (Lipinski definition) is 1. The molecule has 256 valence electrons. The molecule has 2 heterocycles. The number of nitrogens with one attached hydrogen (secondary N) is 1. The number of nitrogens with zero attached hydrogens (tertiary/aromatic N) is 6. The van der Waals surface area contributed by atoms with Crippen molar-refractivity contribution in [1.29, 1.82) is 0 Å². The quantitative estimate of drug-likeness (QED) is 0.188. The second-order valence-electron chi connectivity index (χ2n) is 11.9. The second kappa shape index (κ2) is 16.2. The summed E-state index contributed by atoms with van der Waals surface area (Å²) in [6, 6.07) is 11.3. The van der Waals surface area contributed by atoms with Gasteiger partial charge in [-0.15, -0.1) is 0 Å². The molecule has 4 rings (SSSR count). The molecule has 2 saturated heterocycles. The van der Waals surface area contributed by atoms with E-state index in [1.54, 1.807) is 11.1 Å². The molecule has 2 aromatic rings. The molecule has 0 radical (unpaired) electrons. The van der Waals surface area contributed by atoms with Crippen LogP contribution < -0.4 is 10.3 Å². The number of benzene rings is 2. The molecular formula is C33H47N7O6S. The van der Waals surface area contributed by atoms with Gasteiger partial charge in [0.2, 0.25) is 21.8 Å². The summed E-state index contributed by atoms with van der Waals surface area (Å²) in [4.78, 5) is 42.6. The van der Waals surface area contributed by atoms with Crippen molar-refractivity contribution < 1.29 is 22.9 Å². The summed E-state index contributed by atoms with van der Waals surface area (Å²) in [6.07, 6.45) is 4.38. The maximum Gasteiger partial charge on any atom is 0.270 e. The highest BCUT2D eigenvalue weighted by molar-refractivity contribution is 7.89. The van der Waals surface area contributed by atoms with Crippen LogP contribution in [0.2, 0.25) is 0 Å². The molecule has 2 aromatic carbocycles. The van der Waals surface area contributed by atoms with E-state index in [1.807, 2.05) is 56.9 Å². The van der Waals surface area contributed by atoms with E-state index in [0.717, 1.165) is 36.7 Å². The largest absolute Gasteiger partial charge is 0.370 e. The molecular weight excluding hydrogens is 622 g/mol. The number of anilines is 2. The third-order valence-electron chi connectivity index (χ3n) is 9.11. The first-order chi connectivity index (χ1) is 22.5. The maximum atomic E-state index is 14.0. The minimum atomic E-state index is -4.22. The average Bonchev–Trinajstić information content (AvgIpc) is 3.09. The van der Waals surface area contributed by atoms with Crippen LogP contribution in [0.4, 0.5) is 17.1 Å². The van der Waals surface area contributed by atoms with Crippen LogP contribution in [0.3, 0.4) is 0 Å². The fourth-order valence-corrected chi connectivity index (χ4v) is 8.16. The highest BCUT2D eigenvalue weighted by atomic mass is 32.2. The lowest BCUT2D eigenvalue weighted by molar-refractivity contribution is -0.385. The highest BCUT2D eigenvalue weighted by Crippen LogP contribution is 2.32. The third kappa shape index (κ3) is 8.28. The standard InChI is InChI=1S/C33H47N7O6S/c1-5-36(6-2)32(41)26-14-11-19-38(23-26)30-16-10-9-13-25(30)22-34-35-29-18-17-28(40(43)44)21-31(29)47(45,46)39-20-12-15-27(24-39)33(42)37(7-3)8-4/h9-10,13,16-18,21-22,26-27,35H,5-8,11-12,14-15,19-20,23-24H2,1-4H3. The molecule has 2 aliphatic heterocycles. The topological polar surface area (TPSA) is 149 Å². The number of carbonyl (C=O) groups excluding carboxylic acids is 2. The van der Waals surface area contributed by atoms with Crippen LogP contribution in [-0.2, 0) is 19.6 Å². The summed E-state index contributed by atoms with van der Waals surface area (Å²) in [5.74, 6) is -0.513. The molecule has 0 bridgehead atoms. The number of amides is 2. The zero-order valence-corrected chi connectivity index (χ0v) is 28.6. The van der Waals surface area contributed by atoms with Gasteiger partial charge in [-0.2, -0.15) is 9.41 Å². The van der Waals surface area contributed by atoms with Crippen LogP contribution >= 0.6 is 0 Å². The molecule has 14 heteroatoms. The zero-order chi connectivity index (χ0) is 34.1. The summed E-state index contributed by atoms with van der Waals surface area (Å²) in [6.45, 7) is 11.7. The Morgan fingerprint density at radius 2 is 1.53 bits per heavy atom. The van der Waals surface area contributed by atoms with Crippen LogP contribution in [0.25, 0.3) is 0 Å². The predicted octanol–water partition coefficient (Wildman–Crippen LogP) is 4.39. The fraction of sp³-hybridized carbons (Fsp3) is 0.545. The normalized spacial score (nSPS) is 19.0. The maximum absolute atomic E-state index is 14.0. The number of hydrogen-bond acceptors (Lipinski definition) is 9. The second-order valence-corrected chi connectivity index (χ2v) is 13.8. The number of rotatable bonds is 13. The first-order valence-electron chi connectivity index (χ1n) is 16.5. The Morgan fingerprint density at radius 1 is 0.936 bits per heavy atom. The van der Waals surface area contributed by atoms with Crippen molar-refractivity contribution in [3.05, 3.63) is 58.1 Å². The van der Waals surface area contributed by atoms with Gasteiger partial charge in [0.15, 0.2) is 0 Å². The van der Waals surface area contributed by atoms with E-state index in [4.69, 9.17) is 0 Å². The first-order valence-corrected chi connectivity index (χ1v) is 18.0. The minimum absolute atomic E-state index is 0.00401. The van der Waals surface area contributed by atoms with E-state index >= 15 is 0 Å². The number of para-hydroxylation sites is 1. The number of non-ortho nitro benzene ring substituents is 1. The first kappa shape index (κ1) is 35.8.